The monoisotopic (exact) mass is 352 g/mol. The zero-order valence-electron chi connectivity index (χ0n) is 14.5. The maximum Gasteiger partial charge on any atom is 0.321 e. The standard InChI is InChI=1S/C17H20O8/c1-5-23-15(18)14(16(19)24-6-2)13-12-10(22-4)7-9(21-3)8-11(12)25-17(13)20/h7-8,13-14H,5-6H2,1-4H3. The number of hydrogen-bond donors (Lipinski definition) is 0. The molecule has 0 N–H and O–H groups in total. The zero-order valence-corrected chi connectivity index (χ0v) is 14.5. The highest BCUT2D eigenvalue weighted by atomic mass is 16.6. The van der Waals surface area contributed by atoms with Gasteiger partial charge in [-0.15, -0.1) is 0 Å². The summed E-state index contributed by atoms with van der Waals surface area (Å²) in [4.78, 5) is 37.1. The van der Waals surface area contributed by atoms with Crippen LogP contribution in [0.15, 0.2) is 12.1 Å². The van der Waals surface area contributed by atoms with Crippen molar-refractivity contribution in [3.8, 4) is 17.2 Å². The van der Waals surface area contributed by atoms with E-state index in [2.05, 4.69) is 0 Å². The van der Waals surface area contributed by atoms with Crippen LogP contribution in [0.2, 0.25) is 0 Å². The van der Waals surface area contributed by atoms with Gasteiger partial charge in [-0.25, -0.2) is 0 Å². The summed E-state index contributed by atoms with van der Waals surface area (Å²) in [5.41, 5.74) is 0.291. The van der Waals surface area contributed by atoms with Crippen molar-refractivity contribution in [3.63, 3.8) is 0 Å². The van der Waals surface area contributed by atoms with Crippen molar-refractivity contribution in [1.29, 1.82) is 0 Å². The van der Waals surface area contributed by atoms with Crippen LogP contribution in [0.3, 0.4) is 0 Å². The van der Waals surface area contributed by atoms with Crippen LogP contribution in [0.4, 0.5) is 0 Å². The normalized spacial score (nSPS) is 15.4. The van der Waals surface area contributed by atoms with Crippen molar-refractivity contribution < 1.29 is 38.1 Å². The largest absolute Gasteiger partial charge is 0.496 e. The number of hydrogen-bond acceptors (Lipinski definition) is 8. The third-order valence-electron chi connectivity index (χ3n) is 3.72. The highest BCUT2D eigenvalue weighted by molar-refractivity contribution is 6.03. The zero-order chi connectivity index (χ0) is 18.6. The molecule has 8 heteroatoms. The van der Waals surface area contributed by atoms with Crippen LogP contribution in [0.1, 0.15) is 25.3 Å². The average molecular weight is 352 g/mol. The summed E-state index contributed by atoms with van der Waals surface area (Å²) in [5.74, 6) is -4.30. The molecular formula is C17H20O8. The van der Waals surface area contributed by atoms with Gasteiger partial charge in [0, 0.05) is 12.1 Å². The molecule has 1 unspecified atom stereocenters. The number of ether oxygens (including phenoxy) is 5. The van der Waals surface area contributed by atoms with E-state index < -0.39 is 29.7 Å². The summed E-state index contributed by atoms with van der Waals surface area (Å²) in [6.07, 6.45) is 0. The van der Waals surface area contributed by atoms with Crippen LogP contribution in [0.5, 0.6) is 17.2 Å². The maximum absolute atomic E-state index is 12.4. The Morgan fingerprint density at radius 3 is 2.16 bits per heavy atom. The van der Waals surface area contributed by atoms with Gasteiger partial charge >= 0.3 is 17.9 Å². The van der Waals surface area contributed by atoms with Gasteiger partial charge in [0.05, 0.1) is 33.0 Å². The Labute approximate surface area is 144 Å². The van der Waals surface area contributed by atoms with Gasteiger partial charge in [-0.2, -0.15) is 0 Å². The molecule has 136 valence electrons. The third kappa shape index (κ3) is 3.52. The molecule has 1 aromatic carbocycles. The number of esters is 3. The first-order chi connectivity index (χ1) is 12.0. The van der Waals surface area contributed by atoms with Gasteiger partial charge in [-0.1, -0.05) is 0 Å². The van der Waals surface area contributed by atoms with Crippen LogP contribution >= 0.6 is 0 Å². The lowest BCUT2D eigenvalue weighted by molar-refractivity contribution is -0.165. The smallest absolute Gasteiger partial charge is 0.321 e. The van der Waals surface area contributed by atoms with E-state index in [0.29, 0.717) is 11.3 Å². The van der Waals surface area contributed by atoms with Crippen molar-refractivity contribution in [1.82, 2.24) is 0 Å². The predicted molar refractivity (Wildman–Crippen MR) is 84.7 cm³/mol. The lowest BCUT2D eigenvalue weighted by Crippen LogP contribution is -2.36. The molecule has 0 bridgehead atoms. The van der Waals surface area contributed by atoms with Crippen LogP contribution in [-0.4, -0.2) is 45.3 Å². The number of carbonyl (C=O) groups is 3. The van der Waals surface area contributed by atoms with Crippen LogP contribution in [0, 0.1) is 5.92 Å². The van der Waals surface area contributed by atoms with Crippen molar-refractivity contribution >= 4 is 17.9 Å². The second-order valence-electron chi connectivity index (χ2n) is 5.12. The lowest BCUT2D eigenvalue weighted by Gasteiger charge is -2.19. The molecular weight excluding hydrogens is 332 g/mol. The Balaban J connectivity index is 2.55. The average Bonchev–Trinajstić information content (AvgIpc) is 2.90. The van der Waals surface area contributed by atoms with Gasteiger partial charge in [-0.05, 0) is 13.8 Å². The molecule has 25 heavy (non-hydrogen) atoms. The number of rotatable bonds is 7. The molecule has 0 saturated carbocycles. The van der Waals surface area contributed by atoms with E-state index in [0.717, 1.165) is 0 Å². The van der Waals surface area contributed by atoms with E-state index in [1.807, 2.05) is 0 Å². The summed E-state index contributed by atoms with van der Waals surface area (Å²) < 4.78 is 25.6. The lowest BCUT2D eigenvalue weighted by atomic mass is 9.86. The number of benzene rings is 1. The first kappa shape index (κ1) is 18.6. The minimum absolute atomic E-state index is 0.0586. The first-order valence-corrected chi connectivity index (χ1v) is 7.79. The summed E-state index contributed by atoms with van der Waals surface area (Å²) in [6.45, 7) is 3.32. The summed E-state index contributed by atoms with van der Waals surface area (Å²) in [5, 5.41) is 0. The van der Waals surface area contributed by atoms with Gasteiger partial charge in [0.25, 0.3) is 0 Å². The van der Waals surface area contributed by atoms with E-state index in [9.17, 15) is 14.4 Å². The molecule has 1 aliphatic heterocycles. The van der Waals surface area contributed by atoms with E-state index in [-0.39, 0.29) is 24.7 Å². The molecule has 8 nitrogen and oxygen atoms in total. The number of fused-ring (bicyclic) bond motifs is 1. The second kappa shape index (κ2) is 7.87. The minimum Gasteiger partial charge on any atom is -0.496 e. The molecule has 0 amide bonds. The molecule has 1 aliphatic rings. The molecule has 0 aromatic heterocycles. The predicted octanol–water partition coefficient (Wildman–Crippen LogP) is 1.45. The Hall–Kier alpha value is -2.77. The summed E-state index contributed by atoms with van der Waals surface area (Å²) >= 11 is 0. The van der Waals surface area contributed by atoms with Gasteiger partial charge < -0.3 is 23.7 Å². The van der Waals surface area contributed by atoms with Crippen molar-refractivity contribution in [3.05, 3.63) is 17.7 Å². The van der Waals surface area contributed by atoms with Gasteiger partial charge in [0.2, 0.25) is 0 Å². The van der Waals surface area contributed by atoms with Crippen LogP contribution < -0.4 is 14.2 Å². The van der Waals surface area contributed by atoms with Gasteiger partial charge in [0.1, 0.15) is 23.2 Å². The Morgan fingerprint density at radius 1 is 1.08 bits per heavy atom. The van der Waals surface area contributed by atoms with Crippen molar-refractivity contribution in [2.75, 3.05) is 27.4 Å². The quantitative estimate of drug-likeness (QED) is 0.413. The van der Waals surface area contributed by atoms with Crippen molar-refractivity contribution in [2.45, 2.75) is 19.8 Å². The van der Waals surface area contributed by atoms with E-state index in [4.69, 9.17) is 23.7 Å². The summed E-state index contributed by atoms with van der Waals surface area (Å²) in [6, 6.07) is 3.03. The second-order valence-corrected chi connectivity index (χ2v) is 5.12. The van der Waals surface area contributed by atoms with Crippen molar-refractivity contribution in [2.24, 2.45) is 5.92 Å². The summed E-state index contributed by atoms with van der Waals surface area (Å²) in [7, 11) is 2.86. The molecule has 0 fully saturated rings. The van der Waals surface area contributed by atoms with E-state index >= 15 is 0 Å². The van der Waals surface area contributed by atoms with Crippen LogP contribution in [-0.2, 0) is 23.9 Å². The fourth-order valence-electron chi connectivity index (χ4n) is 2.68. The Bertz CT molecular complexity index is 663. The number of carbonyl (C=O) groups excluding carboxylic acids is 3. The highest BCUT2D eigenvalue weighted by Crippen LogP contribution is 2.47. The van der Waals surface area contributed by atoms with E-state index in [1.54, 1.807) is 19.9 Å². The third-order valence-corrected chi connectivity index (χ3v) is 3.72. The minimum atomic E-state index is -1.48. The van der Waals surface area contributed by atoms with Crippen LogP contribution in [0.25, 0.3) is 0 Å². The molecule has 1 atom stereocenters. The Morgan fingerprint density at radius 2 is 1.68 bits per heavy atom. The topological polar surface area (TPSA) is 97.4 Å². The highest BCUT2D eigenvalue weighted by Gasteiger charge is 2.50. The fraction of sp³-hybridized carbons (Fsp3) is 0.471. The molecule has 1 heterocycles. The number of methoxy groups -OCH3 is 2. The molecule has 2 rings (SSSR count). The van der Waals surface area contributed by atoms with E-state index in [1.165, 1.54) is 20.3 Å². The molecule has 1 aromatic rings. The molecule has 0 aliphatic carbocycles. The maximum atomic E-state index is 12.4. The Kier molecular flexibility index (Phi) is 5.84. The first-order valence-electron chi connectivity index (χ1n) is 7.79. The molecule has 0 saturated heterocycles. The van der Waals surface area contributed by atoms with Gasteiger partial charge in [0.15, 0.2) is 5.92 Å². The fourth-order valence-corrected chi connectivity index (χ4v) is 2.68. The SMILES string of the molecule is CCOC(=O)C(C(=O)OCC)C1C(=O)Oc2cc(OC)cc(OC)c21. The molecule has 0 radical (unpaired) electrons. The van der Waals surface area contributed by atoms with Gasteiger partial charge in [-0.3, -0.25) is 14.4 Å². The molecule has 0 spiro atoms.